The Labute approximate surface area is 124 Å². The summed E-state index contributed by atoms with van der Waals surface area (Å²) in [6.07, 6.45) is 0. The highest BCUT2D eigenvalue weighted by atomic mass is 32.1. The lowest BCUT2D eigenvalue weighted by Gasteiger charge is -2.18. The van der Waals surface area contributed by atoms with Crippen molar-refractivity contribution < 1.29 is 4.74 Å². The minimum atomic E-state index is 0.400. The van der Waals surface area contributed by atoms with E-state index in [1.807, 2.05) is 24.3 Å². The van der Waals surface area contributed by atoms with Gasteiger partial charge >= 0.3 is 0 Å². The zero-order valence-corrected chi connectivity index (χ0v) is 12.5. The fourth-order valence-corrected chi connectivity index (χ4v) is 2.78. The molecule has 0 aliphatic heterocycles. The van der Waals surface area contributed by atoms with Crippen molar-refractivity contribution in [3.8, 4) is 17.6 Å². The molecule has 0 unspecified atom stereocenters. The van der Waals surface area contributed by atoms with Crippen molar-refractivity contribution in [1.82, 2.24) is 0 Å². The van der Waals surface area contributed by atoms with Crippen molar-refractivity contribution in [3.05, 3.63) is 46.2 Å². The summed E-state index contributed by atoms with van der Waals surface area (Å²) in [6, 6.07) is 12.2. The van der Waals surface area contributed by atoms with Crippen LogP contribution in [0, 0.1) is 11.8 Å². The van der Waals surface area contributed by atoms with Crippen molar-refractivity contribution in [2.24, 2.45) is 5.73 Å². The van der Waals surface area contributed by atoms with E-state index in [1.165, 1.54) is 4.88 Å². The molecule has 2 rings (SSSR count). The van der Waals surface area contributed by atoms with E-state index in [2.05, 4.69) is 35.9 Å². The summed E-state index contributed by atoms with van der Waals surface area (Å²) in [6.45, 7) is 1.25. The third-order valence-electron chi connectivity index (χ3n) is 2.86. The summed E-state index contributed by atoms with van der Waals surface area (Å²) in [4.78, 5) is 4.52. The van der Waals surface area contributed by atoms with Crippen LogP contribution in [0.25, 0.3) is 0 Å². The highest BCUT2D eigenvalue weighted by Crippen LogP contribution is 2.23. The van der Waals surface area contributed by atoms with Crippen LogP contribution in [-0.4, -0.2) is 20.7 Å². The predicted molar refractivity (Wildman–Crippen MR) is 85.4 cm³/mol. The molecule has 0 spiro atoms. The van der Waals surface area contributed by atoms with Gasteiger partial charge in [0.25, 0.3) is 0 Å². The summed E-state index contributed by atoms with van der Waals surface area (Å²) in [5.74, 6) is 6.81. The highest BCUT2D eigenvalue weighted by molar-refractivity contribution is 7.12. The molecule has 0 aliphatic carbocycles. The maximum absolute atomic E-state index is 5.38. The van der Waals surface area contributed by atoms with Crippen LogP contribution in [0.1, 0.15) is 9.75 Å². The van der Waals surface area contributed by atoms with Crippen LogP contribution in [-0.2, 0) is 6.54 Å². The number of hydrogen-bond acceptors (Lipinski definition) is 4. The van der Waals surface area contributed by atoms with Gasteiger partial charge in [0.2, 0.25) is 0 Å². The lowest BCUT2D eigenvalue weighted by Crippen LogP contribution is -2.15. The Hall–Kier alpha value is -1.96. The number of nitrogens with two attached hydrogens (primary N) is 1. The normalized spacial score (nSPS) is 9.75. The van der Waals surface area contributed by atoms with Crippen LogP contribution in [0.3, 0.4) is 0 Å². The molecule has 104 valence electrons. The van der Waals surface area contributed by atoms with Gasteiger partial charge < -0.3 is 15.4 Å². The minimum absolute atomic E-state index is 0.400. The van der Waals surface area contributed by atoms with Gasteiger partial charge in [-0.3, -0.25) is 0 Å². The Bertz CT molecular complexity index is 625. The molecule has 0 saturated heterocycles. The van der Waals surface area contributed by atoms with Crippen LogP contribution in [0.4, 0.5) is 5.69 Å². The van der Waals surface area contributed by atoms with Crippen LogP contribution < -0.4 is 15.4 Å². The van der Waals surface area contributed by atoms with Gasteiger partial charge in [-0.1, -0.05) is 17.9 Å². The van der Waals surface area contributed by atoms with E-state index in [-0.39, 0.29) is 0 Å². The third-order valence-corrected chi connectivity index (χ3v) is 3.85. The Balaban J connectivity index is 2.06. The number of anilines is 1. The molecule has 0 bridgehead atoms. The molecule has 1 aromatic heterocycles. The molecule has 2 N–H and O–H groups in total. The number of thiophene rings is 1. The predicted octanol–water partition coefficient (Wildman–Crippen LogP) is 2.70. The molecule has 20 heavy (non-hydrogen) atoms. The topological polar surface area (TPSA) is 38.5 Å². The molecule has 3 nitrogen and oxygen atoms in total. The van der Waals surface area contributed by atoms with Gasteiger partial charge in [-0.05, 0) is 24.3 Å². The van der Waals surface area contributed by atoms with Crippen molar-refractivity contribution >= 4 is 17.0 Å². The Morgan fingerprint density at radius 3 is 2.90 bits per heavy atom. The molecule has 1 heterocycles. The van der Waals surface area contributed by atoms with Crippen LogP contribution in [0.5, 0.6) is 5.75 Å². The molecule has 0 amide bonds. The number of nitrogens with zero attached hydrogens (tertiary/aromatic N) is 1. The Morgan fingerprint density at radius 1 is 1.30 bits per heavy atom. The molecule has 1 aromatic carbocycles. The minimum Gasteiger partial charge on any atom is -0.497 e. The van der Waals surface area contributed by atoms with Gasteiger partial charge in [-0.25, -0.2) is 0 Å². The van der Waals surface area contributed by atoms with E-state index >= 15 is 0 Å². The lowest BCUT2D eigenvalue weighted by molar-refractivity contribution is 0.415. The first kappa shape index (κ1) is 14.4. The number of hydrogen-bond donors (Lipinski definition) is 1. The number of methoxy groups -OCH3 is 1. The standard InChI is InChI=1S/C16H18N2OS/c1-18(13-5-3-6-14(11-13)19-2)12-16-9-8-15(20-16)7-4-10-17/h3,5-6,8-9,11H,10,12,17H2,1-2H3. The number of rotatable bonds is 4. The smallest absolute Gasteiger partial charge is 0.120 e. The van der Waals surface area contributed by atoms with Gasteiger partial charge in [0.05, 0.1) is 25.1 Å². The van der Waals surface area contributed by atoms with Gasteiger partial charge in [0.1, 0.15) is 5.75 Å². The molecular weight excluding hydrogens is 268 g/mol. The molecule has 0 aliphatic rings. The molecule has 2 aromatic rings. The average Bonchev–Trinajstić information content (AvgIpc) is 2.92. The number of benzene rings is 1. The van der Waals surface area contributed by atoms with Crippen molar-refractivity contribution in [2.45, 2.75) is 6.54 Å². The molecular formula is C16H18N2OS. The van der Waals surface area contributed by atoms with E-state index < -0.39 is 0 Å². The fourth-order valence-electron chi connectivity index (χ4n) is 1.84. The van der Waals surface area contributed by atoms with Gasteiger partial charge in [0.15, 0.2) is 0 Å². The second-order valence-electron chi connectivity index (χ2n) is 4.33. The fraction of sp³-hybridized carbons (Fsp3) is 0.250. The van der Waals surface area contributed by atoms with E-state index in [0.29, 0.717) is 6.54 Å². The van der Waals surface area contributed by atoms with Gasteiger partial charge in [0, 0.05) is 23.7 Å². The maximum Gasteiger partial charge on any atom is 0.120 e. The van der Waals surface area contributed by atoms with Crippen LogP contribution in [0.2, 0.25) is 0 Å². The summed E-state index contributed by atoms with van der Waals surface area (Å²) in [7, 11) is 3.75. The van der Waals surface area contributed by atoms with Crippen molar-refractivity contribution in [2.75, 3.05) is 25.6 Å². The SMILES string of the molecule is COc1cccc(N(C)Cc2ccc(C#CCN)s2)c1. The first-order valence-electron chi connectivity index (χ1n) is 6.36. The quantitative estimate of drug-likeness (QED) is 0.878. The Kier molecular flexibility index (Phi) is 5.05. The van der Waals surface area contributed by atoms with E-state index in [4.69, 9.17) is 10.5 Å². The highest BCUT2D eigenvalue weighted by Gasteiger charge is 2.05. The zero-order chi connectivity index (χ0) is 14.4. The lowest BCUT2D eigenvalue weighted by atomic mass is 10.2. The van der Waals surface area contributed by atoms with Crippen molar-refractivity contribution in [1.29, 1.82) is 0 Å². The zero-order valence-electron chi connectivity index (χ0n) is 11.7. The van der Waals surface area contributed by atoms with E-state index in [9.17, 15) is 0 Å². The van der Waals surface area contributed by atoms with Gasteiger partial charge in [-0.15, -0.1) is 11.3 Å². The molecule has 0 radical (unpaired) electrons. The molecule has 4 heteroatoms. The molecule has 0 atom stereocenters. The Morgan fingerprint density at radius 2 is 2.15 bits per heavy atom. The van der Waals surface area contributed by atoms with E-state index in [0.717, 1.165) is 22.9 Å². The summed E-state index contributed by atoms with van der Waals surface area (Å²) >= 11 is 1.70. The largest absolute Gasteiger partial charge is 0.497 e. The first-order chi connectivity index (χ1) is 9.72. The molecule has 0 saturated carbocycles. The second-order valence-corrected chi connectivity index (χ2v) is 5.50. The first-order valence-corrected chi connectivity index (χ1v) is 7.17. The van der Waals surface area contributed by atoms with Gasteiger partial charge in [-0.2, -0.15) is 0 Å². The van der Waals surface area contributed by atoms with Crippen molar-refractivity contribution in [3.63, 3.8) is 0 Å². The third kappa shape index (κ3) is 3.77. The maximum atomic E-state index is 5.38. The molecule has 0 fully saturated rings. The second kappa shape index (κ2) is 6.99. The number of ether oxygens (including phenoxy) is 1. The van der Waals surface area contributed by atoms with Crippen LogP contribution in [0.15, 0.2) is 36.4 Å². The average molecular weight is 286 g/mol. The summed E-state index contributed by atoms with van der Waals surface area (Å²) < 4.78 is 5.25. The summed E-state index contributed by atoms with van der Waals surface area (Å²) in [5, 5.41) is 0. The monoisotopic (exact) mass is 286 g/mol. The van der Waals surface area contributed by atoms with Crippen LogP contribution >= 0.6 is 11.3 Å². The van der Waals surface area contributed by atoms with E-state index in [1.54, 1.807) is 18.4 Å². The summed E-state index contributed by atoms with van der Waals surface area (Å²) in [5.41, 5.74) is 6.51.